The molecule has 0 unspecified atom stereocenters. The first kappa shape index (κ1) is 18.0. The predicted molar refractivity (Wildman–Crippen MR) is 95.3 cm³/mol. The largest absolute Gasteiger partial charge is 0.488 e. The molecule has 4 nitrogen and oxygen atoms in total. The number of nitrogens with one attached hydrogen (secondary N) is 1. The number of carbonyl (C=O) groups excluding carboxylic acids is 1. The van der Waals surface area contributed by atoms with Crippen LogP contribution in [0.5, 0.6) is 5.75 Å². The van der Waals surface area contributed by atoms with E-state index in [0.717, 1.165) is 12.0 Å². The Morgan fingerprint density at radius 3 is 2.50 bits per heavy atom. The molecule has 0 radical (unpaired) electrons. The normalized spacial score (nSPS) is 10.6. The van der Waals surface area contributed by atoms with Gasteiger partial charge in [0.1, 0.15) is 12.4 Å². The van der Waals surface area contributed by atoms with Crippen molar-refractivity contribution in [3.05, 3.63) is 65.7 Å². The maximum absolute atomic E-state index is 12.3. The average molecular weight is 327 g/mol. The van der Waals surface area contributed by atoms with Gasteiger partial charge in [-0.1, -0.05) is 42.5 Å². The molecule has 24 heavy (non-hydrogen) atoms. The number of amides is 1. The fourth-order valence-electron chi connectivity index (χ4n) is 2.20. The molecule has 128 valence electrons. The molecule has 0 saturated heterocycles. The van der Waals surface area contributed by atoms with Crippen LogP contribution in [0.25, 0.3) is 0 Å². The van der Waals surface area contributed by atoms with Crippen LogP contribution in [0.2, 0.25) is 0 Å². The standard InChI is InChI=1S/C20H25NO3/c1-16(2)23-14-8-13-21-20(22)18-11-6-7-12-19(18)24-15-17-9-4-3-5-10-17/h3-7,9-12,16H,8,13-15H2,1-2H3,(H,21,22). The smallest absolute Gasteiger partial charge is 0.255 e. The summed E-state index contributed by atoms with van der Waals surface area (Å²) in [6.45, 7) is 5.66. The highest BCUT2D eigenvalue weighted by Crippen LogP contribution is 2.19. The molecule has 2 aromatic rings. The van der Waals surface area contributed by atoms with Crippen LogP contribution in [0, 0.1) is 0 Å². The van der Waals surface area contributed by atoms with Gasteiger partial charge in [0.25, 0.3) is 5.91 Å². The number of para-hydroxylation sites is 1. The van der Waals surface area contributed by atoms with E-state index in [1.807, 2.05) is 62.4 Å². The van der Waals surface area contributed by atoms with Crippen LogP contribution in [0.3, 0.4) is 0 Å². The highest BCUT2D eigenvalue weighted by Gasteiger charge is 2.11. The SMILES string of the molecule is CC(C)OCCCNC(=O)c1ccccc1OCc1ccccc1. The molecule has 0 saturated carbocycles. The monoisotopic (exact) mass is 327 g/mol. The third-order valence-electron chi connectivity index (χ3n) is 3.43. The van der Waals surface area contributed by atoms with Crippen molar-refractivity contribution in [2.45, 2.75) is 33.0 Å². The zero-order valence-corrected chi connectivity index (χ0v) is 14.3. The summed E-state index contributed by atoms with van der Waals surface area (Å²) >= 11 is 0. The lowest BCUT2D eigenvalue weighted by Crippen LogP contribution is -2.26. The lowest BCUT2D eigenvalue weighted by Gasteiger charge is -2.12. The predicted octanol–water partition coefficient (Wildman–Crippen LogP) is 3.81. The Labute approximate surface area is 143 Å². The van der Waals surface area contributed by atoms with Crippen molar-refractivity contribution in [3.8, 4) is 5.75 Å². The third-order valence-corrected chi connectivity index (χ3v) is 3.43. The molecule has 1 amide bonds. The first-order valence-electron chi connectivity index (χ1n) is 8.32. The van der Waals surface area contributed by atoms with Crippen molar-refractivity contribution in [3.63, 3.8) is 0 Å². The molecular weight excluding hydrogens is 302 g/mol. The van der Waals surface area contributed by atoms with Gasteiger partial charge in [-0.3, -0.25) is 4.79 Å². The second kappa shape index (κ2) is 9.73. The van der Waals surface area contributed by atoms with Gasteiger partial charge in [0, 0.05) is 13.2 Å². The summed E-state index contributed by atoms with van der Waals surface area (Å²) < 4.78 is 11.3. The summed E-state index contributed by atoms with van der Waals surface area (Å²) in [5, 5.41) is 2.91. The molecule has 0 heterocycles. The van der Waals surface area contributed by atoms with Gasteiger partial charge in [-0.25, -0.2) is 0 Å². The summed E-state index contributed by atoms with van der Waals surface area (Å²) in [7, 11) is 0. The van der Waals surface area contributed by atoms with Crippen LogP contribution < -0.4 is 10.1 Å². The van der Waals surface area contributed by atoms with E-state index in [0.29, 0.717) is 31.1 Å². The Balaban J connectivity index is 1.86. The van der Waals surface area contributed by atoms with Gasteiger partial charge in [0.15, 0.2) is 0 Å². The van der Waals surface area contributed by atoms with E-state index in [4.69, 9.17) is 9.47 Å². The molecule has 4 heteroatoms. The van der Waals surface area contributed by atoms with Crippen LogP contribution in [-0.2, 0) is 11.3 Å². The molecule has 2 rings (SSSR count). The summed E-state index contributed by atoms with van der Waals surface area (Å²) in [6.07, 6.45) is 1.00. The molecule has 0 fully saturated rings. The molecule has 0 spiro atoms. The molecule has 0 aromatic heterocycles. The molecule has 0 bridgehead atoms. The van der Waals surface area contributed by atoms with E-state index in [1.54, 1.807) is 6.07 Å². The van der Waals surface area contributed by atoms with Gasteiger partial charge < -0.3 is 14.8 Å². The summed E-state index contributed by atoms with van der Waals surface area (Å²) in [4.78, 5) is 12.3. The number of benzene rings is 2. The van der Waals surface area contributed by atoms with E-state index < -0.39 is 0 Å². The molecule has 0 aliphatic rings. The first-order chi connectivity index (χ1) is 11.7. The minimum Gasteiger partial charge on any atom is -0.488 e. The lowest BCUT2D eigenvalue weighted by molar-refractivity contribution is 0.0756. The Morgan fingerprint density at radius 1 is 1.04 bits per heavy atom. The summed E-state index contributed by atoms with van der Waals surface area (Å²) in [5.74, 6) is 0.473. The molecule has 0 aliphatic heterocycles. The second-order valence-electron chi connectivity index (χ2n) is 5.80. The van der Waals surface area contributed by atoms with Crippen molar-refractivity contribution < 1.29 is 14.3 Å². The highest BCUT2D eigenvalue weighted by molar-refractivity contribution is 5.96. The van der Waals surface area contributed by atoms with Crippen LogP contribution in [0.15, 0.2) is 54.6 Å². The molecule has 2 aromatic carbocycles. The van der Waals surface area contributed by atoms with Gasteiger partial charge in [0.2, 0.25) is 0 Å². The number of hydrogen-bond acceptors (Lipinski definition) is 3. The van der Waals surface area contributed by atoms with Crippen molar-refractivity contribution in [1.82, 2.24) is 5.32 Å². The minimum atomic E-state index is -0.122. The molecule has 1 N–H and O–H groups in total. The number of ether oxygens (including phenoxy) is 2. The van der Waals surface area contributed by atoms with E-state index in [1.165, 1.54) is 0 Å². The maximum Gasteiger partial charge on any atom is 0.255 e. The average Bonchev–Trinajstić information content (AvgIpc) is 2.60. The van der Waals surface area contributed by atoms with Gasteiger partial charge in [-0.15, -0.1) is 0 Å². The fourth-order valence-corrected chi connectivity index (χ4v) is 2.20. The van der Waals surface area contributed by atoms with Crippen LogP contribution in [-0.4, -0.2) is 25.2 Å². The van der Waals surface area contributed by atoms with Crippen molar-refractivity contribution in [2.75, 3.05) is 13.2 Å². The maximum atomic E-state index is 12.3. The number of hydrogen-bond donors (Lipinski definition) is 1. The zero-order chi connectivity index (χ0) is 17.2. The van der Waals surface area contributed by atoms with Gasteiger partial charge in [-0.05, 0) is 38.0 Å². The molecule has 0 aliphatic carbocycles. The van der Waals surface area contributed by atoms with Crippen LogP contribution in [0.4, 0.5) is 0 Å². The molecule has 0 atom stereocenters. The van der Waals surface area contributed by atoms with Crippen molar-refractivity contribution in [2.24, 2.45) is 0 Å². The highest BCUT2D eigenvalue weighted by atomic mass is 16.5. The Morgan fingerprint density at radius 2 is 1.75 bits per heavy atom. The number of carbonyl (C=O) groups is 1. The summed E-state index contributed by atoms with van der Waals surface area (Å²) in [5.41, 5.74) is 1.62. The lowest BCUT2D eigenvalue weighted by atomic mass is 10.2. The van der Waals surface area contributed by atoms with Crippen LogP contribution in [0.1, 0.15) is 36.2 Å². The quantitative estimate of drug-likeness (QED) is 0.713. The Bertz CT molecular complexity index is 626. The topological polar surface area (TPSA) is 47.6 Å². The Kier molecular flexibility index (Phi) is 7.30. The van der Waals surface area contributed by atoms with Crippen molar-refractivity contribution >= 4 is 5.91 Å². The van der Waals surface area contributed by atoms with Gasteiger partial charge in [-0.2, -0.15) is 0 Å². The van der Waals surface area contributed by atoms with E-state index in [-0.39, 0.29) is 12.0 Å². The van der Waals surface area contributed by atoms with Gasteiger partial charge in [0.05, 0.1) is 11.7 Å². The van der Waals surface area contributed by atoms with E-state index in [9.17, 15) is 4.79 Å². The minimum absolute atomic E-state index is 0.122. The van der Waals surface area contributed by atoms with Crippen molar-refractivity contribution in [1.29, 1.82) is 0 Å². The number of rotatable bonds is 9. The van der Waals surface area contributed by atoms with Crippen LogP contribution >= 0.6 is 0 Å². The first-order valence-corrected chi connectivity index (χ1v) is 8.32. The van der Waals surface area contributed by atoms with E-state index in [2.05, 4.69) is 5.32 Å². The summed E-state index contributed by atoms with van der Waals surface area (Å²) in [6, 6.07) is 17.2. The fraction of sp³-hybridized carbons (Fsp3) is 0.350. The second-order valence-corrected chi connectivity index (χ2v) is 5.80. The van der Waals surface area contributed by atoms with Gasteiger partial charge >= 0.3 is 0 Å². The Hall–Kier alpha value is -2.33. The zero-order valence-electron chi connectivity index (χ0n) is 14.3. The van der Waals surface area contributed by atoms with E-state index >= 15 is 0 Å². The third kappa shape index (κ3) is 6.05. The molecular formula is C20H25NO3.